The molecule has 0 radical (unpaired) electrons. The van der Waals surface area contributed by atoms with Crippen molar-refractivity contribution in [1.29, 1.82) is 0 Å². The molecule has 0 bridgehead atoms. The Morgan fingerprint density at radius 2 is 1.84 bits per heavy atom. The van der Waals surface area contributed by atoms with Gasteiger partial charge in [0.25, 0.3) is 15.9 Å². The maximum absolute atomic E-state index is 13.4. The van der Waals surface area contributed by atoms with Gasteiger partial charge < -0.3 is 10.6 Å². The highest BCUT2D eigenvalue weighted by atomic mass is 32.2. The molecular formula is C25H32N6O5S. The normalized spacial score (nSPS) is 20.5. The number of carbonyl (C=O) groups is 3. The van der Waals surface area contributed by atoms with Crippen LogP contribution in [0.15, 0.2) is 48.0 Å². The van der Waals surface area contributed by atoms with Crippen molar-refractivity contribution in [3.63, 3.8) is 0 Å². The summed E-state index contributed by atoms with van der Waals surface area (Å²) in [5.74, 6) is -1.08. The van der Waals surface area contributed by atoms with Crippen LogP contribution in [0.2, 0.25) is 0 Å². The third-order valence-corrected chi connectivity index (χ3v) is 8.65. The summed E-state index contributed by atoms with van der Waals surface area (Å²) in [5.41, 5.74) is 0.102. The summed E-state index contributed by atoms with van der Waals surface area (Å²) in [4.78, 5) is 51.0. The molecule has 2 aromatic heterocycles. The summed E-state index contributed by atoms with van der Waals surface area (Å²) >= 11 is 0. The quantitative estimate of drug-likeness (QED) is 0.523. The molecule has 0 unspecified atom stereocenters. The molecule has 0 aromatic carbocycles. The topological polar surface area (TPSA) is 151 Å². The molecule has 12 heteroatoms. The molecule has 2 N–H and O–H groups in total. The van der Waals surface area contributed by atoms with E-state index < -0.39 is 39.7 Å². The fraction of sp³-hybridized carbons (Fsp3) is 0.520. The molecule has 2 fully saturated rings. The molecule has 1 saturated carbocycles. The van der Waals surface area contributed by atoms with Gasteiger partial charge in [0.05, 0.1) is 18.8 Å². The zero-order valence-electron chi connectivity index (χ0n) is 20.6. The van der Waals surface area contributed by atoms with Gasteiger partial charge in [0.2, 0.25) is 5.91 Å². The largest absolute Gasteiger partial charge is 0.344 e. The zero-order chi connectivity index (χ0) is 26.3. The fourth-order valence-electron chi connectivity index (χ4n) is 4.89. The van der Waals surface area contributed by atoms with Crippen LogP contribution >= 0.6 is 0 Å². The number of aromatic nitrogens is 3. The SMILES string of the molecule is O=C(N[C@@H](CC1CCCCC1)C(=O)N[C@H]1CCCN(S(=O)(=O)c2ccccn2)CC1=O)c1cnccn1. The summed E-state index contributed by atoms with van der Waals surface area (Å²) in [6.07, 6.45) is 12.0. The number of carbonyl (C=O) groups excluding carboxylic acids is 3. The van der Waals surface area contributed by atoms with Gasteiger partial charge >= 0.3 is 0 Å². The van der Waals surface area contributed by atoms with Gasteiger partial charge in [0.15, 0.2) is 10.8 Å². The molecule has 11 nitrogen and oxygen atoms in total. The van der Waals surface area contributed by atoms with Crippen molar-refractivity contribution in [3.05, 3.63) is 48.7 Å². The van der Waals surface area contributed by atoms with Crippen LogP contribution in [0.3, 0.4) is 0 Å². The highest BCUT2D eigenvalue weighted by Crippen LogP contribution is 2.27. The van der Waals surface area contributed by atoms with Crippen LogP contribution in [0.1, 0.15) is 61.9 Å². The zero-order valence-corrected chi connectivity index (χ0v) is 21.4. The molecule has 0 spiro atoms. The third kappa shape index (κ3) is 6.95. The number of Topliss-reactive ketones (excluding diaryl/α,β-unsaturated/α-hetero) is 1. The molecule has 37 heavy (non-hydrogen) atoms. The second-order valence-corrected chi connectivity index (χ2v) is 11.4. The molecular weight excluding hydrogens is 496 g/mol. The second-order valence-electron chi connectivity index (χ2n) is 9.53. The summed E-state index contributed by atoms with van der Waals surface area (Å²) < 4.78 is 27.0. The van der Waals surface area contributed by atoms with Crippen LogP contribution in [0, 0.1) is 5.92 Å². The third-order valence-electron chi connectivity index (χ3n) is 6.89. The Hall–Kier alpha value is -3.25. The van der Waals surface area contributed by atoms with E-state index in [0.29, 0.717) is 19.3 Å². The van der Waals surface area contributed by atoms with Gasteiger partial charge in [0, 0.05) is 25.1 Å². The Kier molecular flexibility index (Phi) is 8.93. The van der Waals surface area contributed by atoms with Crippen molar-refractivity contribution in [2.75, 3.05) is 13.1 Å². The number of nitrogens with zero attached hydrogens (tertiary/aromatic N) is 4. The summed E-state index contributed by atoms with van der Waals surface area (Å²) in [7, 11) is -3.93. The molecule has 2 aliphatic rings. The minimum atomic E-state index is -3.93. The highest BCUT2D eigenvalue weighted by Gasteiger charge is 2.35. The van der Waals surface area contributed by atoms with E-state index in [4.69, 9.17) is 0 Å². The average Bonchev–Trinajstić information content (AvgIpc) is 3.11. The first kappa shape index (κ1) is 26.8. The molecule has 1 aliphatic heterocycles. The molecule has 2 aromatic rings. The lowest BCUT2D eigenvalue weighted by Crippen LogP contribution is -2.53. The van der Waals surface area contributed by atoms with Crippen LogP contribution in [0.5, 0.6) is 0 Å². The summed E-state index contributed by atoms with van der Waals surface area (Å²) in [5, 5.41) is 5.45. The number of ketones is 1. The smallest absolute Gasteiger partial charge is 0.272 e. The van der Waals surface area contributed by atoms with Crippen LogP contribution in [-0.4, -0.2) is 70.4 Å². The molecule has 2 amide bonds. The van der Waals surface area contributed by atoms with Crippen molar-refractivity contribution in [2.24, 2.45) is 5.92 Å². The predicted octanol–water partition coefficient (Wildman–Crippen LogP) is 1.48. The number of rotatable bonds is 8. The Labute approximate surface area is 216 Å². The van der Waals surface area contributed by atoms with Crippen molar-refractivity contribution in [3.8, 4) is 0 Å². The molecule has 3 heterocycles. The lowest BCUT2D eigenvalue weighted by atomic mass is 9.84. The maximum atomic E-state index is 13.4. The number of amides is 2. The van der Waals surface area contributed by atoms with Crippen LogP contribution in [-0.2, 0) is 19.6 Å². The monoisotopic (exact) mass is 528 g/mol. The van der Waals surface area contributed by atoms with Gasteiger partial charge in [0.1, 0.15) is 11.7 Å². The Morgan fingerprint density at radius 1 is 1.03 bits per heavy atom. The van der Waals surface area contributed by atoms with Gasteiger partial charge in [-0.05, 0) is 37.3 Å². The number of nitrogens with one attached hydrogen (secondary N) is 2. The van der Waals surface area contributed by atoms with Gasteiger partial charge in [-0.25, -0.2) is 18.4 Å². The van der Waals surface area contributed by atoms with Crippen LogP contribution in [0.25, 0.3) is 0 Å². The van der Waals surface area contributed by atoms with E-state index in [2.05, 4.69) is 25.6 Å². The van der Waals surface area contributed by atoms with E-state index in [0.717, 1.165) is 36.4 Å². The summed E-state index contributed by atoms with van der Waals surface area (Å²) in [6, 6.07) is 2.88. The standard InChI is InChI=1S/C25H32N6O5S/c32-22-17-31(37(35,36)23-10-4-5-11-28-23)14-6-9-19(22)29-24(33)20(15-18-7-2-1-3-8-18)30-25(34)21-16-26-12-13-27-21/h4-5,10-13,16,18-20H,1-3,6-9,14-15,17H2,(H,29,33)(H,30,34)/t19-,20-/m0/s1. The molecule has 198 valence electrons. The van der Waals surface area contributed by atoms with Crippen LogP contribution < -0.4 is 10.6 Å². The highest BCUT2D eigenvalue weighted by molar-refractivity contribution is 7.89. The first-order valence-electron chi connectivity index (χ1n) is 12.7. The number of hydrogen-bond acceptors (Lipinski definition) is 8. The van der Waals surface area contributed by atoms with E-state index in [1.165, 1.54) is 30.9 Å². The number of pyridine rings is 1. The van der Waals surface area contributed by atoms with Gasteiger partial charge in [-0.1, -0.05) is 38.2 Å². The Morgan fingerprint density at radius 3 is 2.54 bits per heavy atom. The lowest BCUT2D eigenvalue weighted by Gasteiger charge is -2.27. The number of hydrogen-bond donors (Lipinski definition) is 2. The number of sulfonamides is 1. The predicted molar refractivity (Wildman–Crippen MR) is 134 cm³/mol. The minimum absolute atomic E-state index is 0.102. The van der Waals surface area contributed by atoms with E-state index in [-0.39, 0.29) is 29.7 Å². The van der Waals surface area contributed by atoms with E-state index in [1.54, 1.807) is 12.1 Å². The maximum Gasteiger partial charge on any atom is 0.272 e. The van der Waals surface area contributed by atoms with E-state index in [9.17, 15) is 22.8 Å². The van der Waals surface area contributed by atoms with Crippen molar-refractivity contribution in [1.82, 2.24) is 29.9 Å². The molecule has 1 saturated heterocycles. The first-order chi connectivity index (χ1) is 17.8. The Balaban J connectivity index is 1.44. The molecule has 4 rings (SSSR count). The van der Waals surface area contributed by atoms with Crippen molar-refractivity contribution < 1.29 is 22.8 Å². The van der Waals surface area contributed by atoms with Gasteiger partial charge in [-0.15, -0.1) is 0 Å². The van der Waals surface area contributed by atoms with Gasteiger partial charge in [-0.2, -0.15) is 4.31 Å². The fourth-order valence-corrected chi connectivity index (χ4v) is 6.27. The van der Waals surface area contributed by atoms with Crippen molar-refractivity contribution >= 4 is 27.6 Å². The van der Waals surface area contributed by atoms with E-state index in [1.807, 2.05) is 0 Å². The lowest BCUT2D eigenvalue weighted by molar-refractivity contribution is -0.129. The molecule has 2 atom stereocenters. The second kappa shape index (κ2) is 12.3. The average molecular weight is 529 g/mol. The van der Waals surface area contributed by atoms with E-state index >= 15 is 0 Å². The van der Waals surface area contributed by atoms with Crippen LogP contribution in [0.4, 0.5) is 0 Å². The van der Waals surface area contributed by atoms with Crippen molar-refractivity contribution in [2.45, 2.75) is 68.5 Å². The Bertz CT molecular complexity index is 1190. The first-order valence-corrected chi connectivity index (χ1v) is 14.1. The molecule has 1 aliphatic carbocycles. The van der Waals surface area contributed by atoms with Gasteiger partial charge in [-0.3, -0.25) is 19.4 Å². The minimum Gasteiger partial charge on any atom is -0.344 e. The summed E-state index contributed by atoms with van der Waals surface area (Å²) in [6.45, 7) is -0.213.